The van der Waals surface area contributed by atoms with E-state index in [2.05, 4.69) is 0 Å². The van der Waals surface area contributed by atoms with Crippen molar-refractivity contribution >= 4 is 11.9 Å². The Kier molecular flexibility index (Phi) is 4.60. The van der Waals surface area contributed by atoms with Crippen LogP contribution in [0.3, 0.4) is 0 Å². The number of nitrogens with zero attached hydrogens (tertiary/aromatic N) is 1. The molecule has 2 aromatic rings. The highest BCUT2D eigenvalue weighted by Crippen LogP contribution is 2.39. The fourth-order valence-electron chi connectivity index (χ4n) is 3.79. The molecule has 2 aliphatic heterocycles. The minimum absolute atomic E-state index is 0.122. The summed E-state index contributed by atoms with van der Waals surface area (Å²) in [7, 11) is 0. The molecule has 1 amide bonds. The van der Waals surface area contributed by atoms with Crippen LogP contribution in [0.5, 0.6) is 5.75 Å². The summed E-state index contributed by atoms with van der Waals surface area (Å²) < 4.78 is 11.7. The van der Waals surface area contributed by atoms with Crippen molar-refractivity contribution in [3.8, 4) is 5.75 Å². The van der Waals surface area contributed by atoms with E-state index >= 15 is 0 Å². The molecule has 1 saturated heterocycles. The van der Waals surface area contributed by atoms with Crippen LogP contribution in [0, 0.1) is 6.92 Å². The van der Waals surface area contributed by atoms with Crippen molar-refractivity contribution in [3.05, 3.63) is 65.2 Å². The number of aryl methyl sites for hydroxylation is 1. The summed E-state index contributed by atoms with van der Waals surface area (Å²) in [5.41, 5.74) is 2.19. The standard InChI is InChI=1S/C22H23NO4/c1-16-7-8-18-19(24)14-22(27-20(18)13-16)9-11-23(12-10-22)21(25)26-15-17-5-3-2-4-6-17/h2-8,13H,9-12,14-15H2,1H3. The zero-order valence-corrected chi connectivity index (χ0v) is 15.4. The average Bonchev–Trinajstić information content (AvgIpc) is 2.67. The van der Waals surface area contributed by atoms with Crippen LogP contribution in [-0.4, -0.2) is 35.5 Å². The summed E-state index contributed by atoms with van der Waals surface area (Å²) in [5.74, 6) is 0.794. The van der Waals surface area contributed by atoms with Gasteiger partial charge in [-0.1, -0.05) is 36.4 Å². The fourth-order valence-corrected chi connectivity index (χ4v) is 3.79. The van der Waals surface area contributed by atoms with Crippen LogP contribution in [-0.2, 0) is 11.3 Å². The topological polar surface area (TPSA) is 55.8 Å². The monoisotopic (exact) mass is 365 g/mol. The maximum Gasteiger partial charge on any atom is 0.410 e. The van der Waals surface area contributed by atoms with E-state index in [1.807, 2.05) is 55.5 Å². The summed E-state index contributed by atoms with van der Waals surface area (Å²) in [6, 6.07) is 15.3. The smallest absolute Gasteiger partial charge is 0.410 e. The molecular weight excluding hydrogens is 342 g/mol. The van der Waals surface area contributed by atoms with Crippen LogP contribution in [0.2, 0.25) is 0 Å². The molecule has 0 aliphatic carbocycles. The van der Waals surface area contributed by atoms with Gasteiger partial charge in [0, 0.05) is 25.9 Å². The number of piperidine rings is 1. The maximum atomic E-state index is 12.6. The van der Waals surface area contributed by atoms with Gasteiger partial charge in [-0.3, -0.25) is 4.79 Å². The van der Waals surface area contributed by atoms with Gasteiger partial charge in [-0.2, -0.15) is 0 Å². The van der Waals surface area contributed by atoms with Gasteiger partial charge in [0.15, 0.2) is 5.78 Å². The van der Waals surface area contributed by atoms with E-state index in [4.69, 9.17) is 9.47 Å². The van der Waals surface area contributed by atoms with E-state index in [1.54, 1.807) is 4.90 Å². The molecule has 0 aromatic heterocycles. The minimum Gasteiger partial charge on any atom is -0.486 e. The molecular formula is C22H23NO4. The second-order valence-corrected chi connectivity index (χ2v) is 7.41. The third kappa shape index (κ3) is 3.68. The van der Waals surface area contributed by atoms with E-state index in [-0.39, 0.29) is 18.5 Å². The molecule has 5 nitrogen and oxygen atoms in total. The second kappa shape index (κ2) is 7.06. The molecule has 27 heavy (non-hydrogen) atoms. The van der Waals surface area contributed by atoms with Gasteiger partial charge in [-0.25, -0.2) is 4.79 Å². The van der Waals surface area contributed by atoms with Crippen LogP contribution in [0.1, 0.15) is 40.7 Å². The predicted molar refractivity (Wildman–Crippen MR) is 101 cm³/mol. The number of carbonyl (C=O) groups is 2. The molecule has 0 unspecified atom stereocenters. The number of benzene rings is 2. The first-order valence-electron chi connectivity index (χ1n) is 9.33. The molecule has 1 spiro atoms. The number of Topliss-reactive ketones (excluding diaryl/α,β-unsaturated/α-hetero) is 1. The first-order chi connectivity index (χ1) is 13.0. The number of rotatable bonds is 2. The van der Waals surface area contributed by atoms with Crippen LogP contribution >= 0.6 is 0 Å². The Morgan fingerprint density at radius 1 is 1.15 bits per heavy atom. The Bertz CT molecular complexity index is 854. The number of hydrogen-bond acceptors (Lipinski definition) is 4. The number of fused-ring (bicyclic) bond motifs is 1. The quantitative estimate of drug-likeness (QED) is 0.803. The lowest BCUT2D eigenvalue weighted by Crippen LogP contribution is -2.52. The van der Waals surface area contributed by atoms with Crippen molar-refractivity contribution < 1.29 is 19.1 Å². The third-order valence-corrected chi connectivity index (χ3v) is 5.38. The molecule has 1 fully saturated rings. The zero-order valence-electron chi connectivity index (χ0n) is 15.4. The third-order valence-electron chi connectivity index (χ3n) is 5.38. The average molecular weight is 365 g/mol. The Hall–Kier alpha value is -2.82. The van der Waals surface area contributed by atoms with Crippen molar-refractivity contribution in [2.24, 2.45) is 0 Å². The Morgan fingerprint density at radius 2 is 1.89 bits per heavy atom. The normalized spacial score (nSPS) is 18.0. The van der Waals surface area contributed by atoms with Gasteiger partial charge >= 0.3 is 6.09 Å². The van der Waals surface area contributed by atoms with E-state index in [1.165, 1.54) is 0 Å². The Morgan fingerprint density at radius 3 is 2.63 bits per heavy atom. The van der Waals surface area contributed by atoms with Crippen molar-refractivity contribution in [2.45, 2.75) is 38.4 Å². The predicted octanol–water partition coefficient (Wildman–Crippen LogP) is 4.13. The number of ether oxygens (including phenoxy) is 2. The van der Waals surface area contributed by atoms with Crippen molar-refractivity contribution in [1.29, 1.82) is 0 Å². The maximum absolute atomic E-state index is 12.6. The van der Waals surface area contributed by atoms with Crippen molar-refractivity contribution in [1.82, 2.24) is 4.90 Å². The van der Waals surface area contributed by atoms with Crippen LogP contribution in [0.4, 0.5) is 4.79 Å². The molecule has 4 rings (SSSR count). The molecule has 0 bridgehead atoms. The number of hydrogen-bond donors (Lipinski definition) is 0. The van der Waals surface area contributed by atoms with Gasteiger partial charge < -0.3 is 14.4 Å². The Labute approximate surface area is 158 Å². The first-order valence-corrected chi connectivity index (χ1v) is 9.33. The molecule has 0 atom stereocenters. The van der Waals surface area contributed by atoms with Gasteiger partial charge in [0.2, 0.25) is 0 Å². The molecule has 140 valence electrons. The highest BCUT2D eigenvalue weighted by Gasteiger charge is 2.43. The first kappa shape index (κ1) is 17.6. The summed E-state index contributed by atoms with van der Waals surface area (Å²) in [6.45, 7) is 3.31. The molecule has 2 heterocycles. The second-order valence-electron chi connectivity index (χ2n) is 7.41. The van der Waals surface area contributed by atoms with Crippen molar-refractivity contribution in [2.75, 3.05) is 13.1 Å². The summed E-state index contributed by atoms with van der Waals surface area (Å²) in [4.78, 5) is 26.6. The lowest BCUT2D eigenvalue weighted by molar-refractivity contribution is -0.00987. The lowest BCUT2D eigenvalue weighted by atomic mass is 9.82. The van der Waals surface area contributed by atoms with Gasteiger partial charge in [-0.15, -0.1) is 0 Å². The van der Waals surface area contributed by atoms with Crippen LogP contribution in [0.15, 0.2) is 48.5 Å². The van der Waals surface area contributed by atoms with Gasteiger partial charge in [-0.05, 0) is 30.2 Å². The Balaban J connectivity index is 1.37. The highest BCUT2D eigenvalue weighted by molar-refractivity contribution is 6.00. The summed E-state index contributed by atoms with van der Waals surface area (Å²) in [6.07, 6.45) is 1.32. The summed E-state index contributed by atoms with van der Waals surface area (Å²) in [5, 5.41) is 0. The van der Waals surface area contributed by atoms with E-state index in [0.29, 0.717) is 43.7 Å². The van der Waals surface area contributed by atoms with E-state index in [0.717, 1.165) is 11.1 Å². The minimum atomic E-state index is -0.506. The number of ketones is 1. The lowest BCUT2D eigenvalue weighted by Gasteiger charge is -2.43. The van der Waals surface area contributed by atoms with Gasteiger partial charge in [0.05, 0.1) is 12.0 Å². The molecule has 5 heteroatoms. The largest absolute Gasteiger partial charge is 0.486 e. The summed E-state index contributed by atoms with van der Waals surface area (Å²) >= 11 is 0. The van der Waals surface area contributed by atoms with Crippen molar-refractivity contribution in [3.63, 3.8) is 0 Å². The highest BCUT2D eigenvalue weighted by atomic mass is 16.6. The molecule has 0 radical (unpaired) electrons. The van der Waals surface area contributed by atoms with Gasteiger partial charge in [0.25, 0.3) is 0 Å². The van der Waals surface area contributed by atoms with Crippen LogP contribution in [0.25, 0.3) is 0 Å². The number of amides is 1. The number of likely N-dealkylation sites (tertiary alicyclic amines) is 1. The molecule has 2 aliphatic rings. The molecule has 0 saturated carbocycles. The zero-order chi connectivity index (χ0) is 18.9. The molecule has 0 N–H and O–H groups in total. The molecule has 2 aromatic carbocycles. The number of carbonyl (C=O) groups excluding carboxylic acids is 2. The fraction of sp³-hybridized carbons (Fsp3) is 0.364. The SMILES string of the molecule is Cc1ccc2c(c1)OC1(CCN(C(=O)OCc3ccccc3)CC1)CC2=O. The van der Waals surface area contributed by atoms with Gasteiger partial charge in [0.1, 0.15) is 18.0 Å². The van der Waals surface area contributed by atoms with Crippen LogP contribution < -0.4 is 4.74 Å². The van der Waals surface area contributed by atoms with E-state index < -0.39 is 5.60 Å². The van der Waals surface area contributed by atoms with E-state index in [9.17, 15) is 9.59 Å².